The Bertz CT molecular complexity index is 454. The predicted molar refractivity (Wildman–Crippen MR) is 70.0 cm³/mol. The molecule has 0 saturated carbocycles. The molecule has 1 atom stereocenters. The van der Waals surface area contributed by atoms with Crippen LogP contribution in [0.25, 0.3) is 0 Å². The van der Waals surface area contributed by atoms with E-state index in [4.69, 9.17) is 5.11 Å². The van der Waals surface area contributed by atoms with Crippen LogP contribution in [-0.2, 0) is 11.2 Å². The Morgan fingerprint density at radius 2 is 2.06 bits per heavy atom. The van der Waals surface area contributed by atoms with Gasteiger partial charge in [-0.25, -0.2) is 9.78 Å². The summed E-state index contributed by atoms with van der Waals surface area (Å²) in [6.07, 6.45) is 0.769. The van der Waals surface area contributed by atoms with Crippen LogP contribution in [0.4, 0.5) is 0 Å². The third-order valence-electron chi connectivity index (χ3n) is 2.57. The van der Waals surface area contributed by atoms with E-state index >= 15 is 0 Å². The summed E-state index contributed by atoms with van der Waals surface area (Å²) in [5, 5.41) is 12.5. The summed E-state index contributed by atoms with van der Waals surface area (Å²) in [6.45, 7) is 7.25. The van der Waals surface area contributed by atoms with Crippen LogP contribution in [0.15, 0.2) is 0 Å². The minimum absolute atomic E-state index is 0.162. The van der Waals surface area contributed by atoms with Crippen molar-refractivity contribution < 1.29 is 14.7 Å². The van der Waals surface area contributed by atoms with Gasteiger partial charge in [0.05, 0.1) is 10.7 Å². The molecular formula is C12H18N2O3S. The van der Waals surface area contributed by atoms with Crippen LogP contribution in [0.2, 0.25) is 0 Å². The van der Waals surface area contributed by atoms with E-state index < -0.39 is 12.0 Å². The van der Waals surface area contributed by atoms with Gasteiger partial charge in [0.15, 0.2) is 0 Å². The molecule has 0 spiro atoms. The normalized spacial score (nSPS) is 12.5. The summed E-state index contributed by atoms with van der Waals surface area (Å²) in [5.41, 5.74) is 0.655. The van der Waals surface area contributed by atoms with E-state index in [0.717, 1.165) is 11.4 Å². The molecule has 1 heterocycles. The molecule has 100 valence electrons. The van der Waals surface area contributed by atoms with E-state index in [0.29, 0.717) is 10.6 Å². The van der Waals surface area contributed by atoms with E-state index in [1.807, 2.05) is 6.92 Å². The van der Waals surface area contributed by atoms with Crippen LogP contribution < -0.4 is 5.32 Å². The first-order valence-electron chi connectivity index (χ1n) is 5.86. The number of carbonyl (C=O) groups excluding carboxylic acids is 1. The fraction of sp³-hybridized carbons (Fsp3) is 0.583. The highest BCUT2D eigenvalue weighted by Gasteiger charge is 2.25. The zero-order valence-corrected chi connectivity index (χ0v) is 11.8. The summed E-state index contributed by atoms with van der Waals surface area (Å²) in [4.78, 5) is 27.8. The number of aromatic nitrogens is 1. The fourth-order valence-corrected chi connectivity index (χ4v) is 2.44. The molecule has 1 aromatic heterocycles. The summed E-state index contributed by atoms with van der Waals surface area (Å²) in [6, 6.07) is -0.871. The lowest BCUT2D eigenvalue weighted by atomic mass is 10.0. The molecule has 5 nitrogen and oxygen atoms in total. The van der Waals surface area contributed by atoms with Crippen molar-refractivity contribution in [3.05, 3.63) is 15.6 Å². The molecule has 0 bridgehead atoms. The highest BCUT2D eigenvalue weighted by molar-refractivity contribution is 7.13. The second-order valence-corrected chi connectivity index (χ2v) is 5.49. The predicted octanol–water partition coefficient (Wildman–Crippen LogP) is 1.85. The molecule has 1 aromatic rings. The van der Waals surface area contributed by atoms with Gasteiger partial charge in [-0.2, -0.15) is 0 Å². The molecule has 0 aliphatic carbocycles. The third kappa shape index (κ3) is 3.29. The van der Waals surface area contributed by atoms with Crippen LogP contribution in [-0.4, -0.2) is 28.0 Å². The van der Waals surface area contributed by atoms with Gasteiger partial charge in [-0.15, -0.1) is 11.3 Å². The molecule has 0 fully saturated rings. The van der Waals surface area contributed by atoms with Crippen molar-refractivity contribution in [1.29, 1.82) is 0 Å². The van der Waals surface area contributed by atoms with Crippen molar-refractivity contribution in [2.45, 2.75) is 40.2 Å². The van der Waals surface area contributed by atoms with E-state index in [1.54, 1.807) is 20.8 Å². The summed E-state index contributed by atoms with van der Waals surface area (Å²) in [7, 11) is 0. The van der Waals surface area contributed by atoms with Crippen molar-refractivity contribution in [2.75, 3.05) is 0 Å². The second kappa shape index (κ2) is 5.95. The van der Waals surface area contributed by atoms with Crippen LogP contribution in [0.1, 0.15) is 41.1 Å². The zero-order valence-electron chi connectivity index (χ0n) is 11.0. The number of amides is 1. The highest BCUT2D eigenvalue weighted by atomic mass is 32.1. The lowest BCUT2D eigenvalue weighted by molar-refractivity contribution is -0.140. The summed E-state index contributed by atoms with van der Waals surface area (Å²) in [5.74, 6) is -1.53. The maximum absolute atomic E-state index is 12.0. The Hall–Kier alpha value is -1.43. The molecule has 2 N–H and O–H groups in total. The maximum atomic E-state index is 12.0. The van der Waals surface area contributed by atoms with Crippen LogP contribution in [0.5, 0.6) is 0 Å². The number of rotatable bonds is 5. The Morgan fingerprint density at radius 1 is 1.44 bits per heavy atom. The number of carboxylic acid groups (broad SMARTS) is 1. The summed E-state index contributed by atoms with van der Waals surface area (Å²) < 4.78 is 0. The highest BCUT2D eigenvalue weighted by Crippen LogP contribution is 2.18. The van der Waals surface area contributed by atoms with Gasteiger partial charge in [0, 0.05) is 0 Å². The largest absolute Gasteiger partial charge is 0.480 e. The Kier molecular flexibility index (Phi) is 4.84. The third-order valence-corrected chi connectivity index (χ3v) is 3.87. The molecule has 1 amide bonds. The first-order valence-corrected chi connectivity index (χ1v) is 6.68. The number of aryl methyl sites for hydroxylation is 2. The fourth-order valence-electron chi connectivity index (χ4n) is 1.53. The molecule has 0 aliphatic heterocycles. The Morgan fingerprint density at radius 3 is 2.44 bits per heavy atom. The zero-order chi connectivity index (χ0) is 13.9. The number of thiazole rings is 1. The Labute approximate surface area is 110 Å². The SMILES string of the molecule is CCc1nc(C)c(C(=O)N[C@@H](C(=O)O)C(C)C)s1. The molecule has 0 saturated heterocycles. The van der Waals surface area contributed by atoms with Gasteiger partial charge in [-0.1, -0.05) is 20.8 Å². The Balaban J connectivity index is 2.87. The first-order chi connectivity index (χ1) is 8.36. The minimum atomic E-state index is -1.02. The van der Waals surface area contributed by atoms with Crippen molar-refractivity contribution in [3.63, 3.8) is 0 Å². The smallest absolute Gasteiger partial charge is 0.326 e. The number of nitrogens with zero attached hydrogens (tertiary/aromatic N) is 1. The van der Waals surface area contributed by atoms with Crippen molar-refractivity contribution in [2.24, 2.45) is 5.92 Å². The lowest BCUT2D eigenvalue weighted by Crippen LogP contribution is -2.44. The van der Waals surface area contributed by atoms with E-state index in [-0.39, 0.29) is 11.8 Å². The monoisotopic (exact) mass is 270 g/mol. The number of carbonyl (C=O) groups is 2. The molecule has 0 aromatic carbocycles. The van der Waals surface area contributed by atoms with E-state index in [2.05, 4.69) is 10.3 Å². The van der Waals surface area contributed by atoms with Gasteiger partial charge in [0.1, 0.15) is 10.9 Å². The lowest BCUT2D eigenvalue weighted by Gasteiger charge is -2.17. The van der Waals surface area contributed by atoms with E-state index in [1.165, 1.54) is 11.3 Å². The second-order valence-electron chi connectivity index (χ2n) is 4.41. The molecular weight excluding hydrogens is 252 g/mol. The van der Waals surface area contributed by atoms with Gasteiger partial charge in [0.25, 0.3) is 5.91 Å². The first kappa shape index (κ1) is 14.6. The molecule has 0 aliphatic rings. The van der Waals surface area contributed by atoms with Crippen molar-refractivity contribution in [3.8, 4) is 0 Å². The number of aliphatic carboxylic acids is 1. The minimum Gasteiger partial charge on any atom is -0.480 e. The molecule has 0 unspecified atom stereocenters. The number of carboxylic acids is 1. The number of nitrogens with one attached hydrogen (secondary N) is 1. The van der Waals surface area contributed by atoms with Gasteiger partial charge in [-0.3, -0.25) is 4.79 Å². The van der Waals surface area contributed by atoms with Gasteiger partial charge >= 0.3 is 5.97 Å². The quantitative estimate of drug-likeness (QED) is 0.855. The standard InChI is InChI=1S/C12H18N2O3S/c1-5-8-13-7(4)10(18-8)11(15)14-9(6(2)3)12(16)17/h6,9H,5H2,1-4H3,(H,14,15)(H,16,17)/t9-/m1/s1. The van der Waals surface area contributed by atoms with E-state index in [9.17, 15) is 9.59 Å². The number of hydrogen-bond acceptors (Lipinski definition) is 4. The van der Waals surface area contributed by atoms with Gasteiger partial charge in [-0.05, 0) is 19.3 Å². The van der Waals surface area contributed by atoms with Crippen LogP contribution in [0.3, 0.4) is 0 Å². The molecule has 0 radical (unpaired) electrons. The average Bonchev–Trinajstić information content (AvgIpc) is 2.66. The molecule has 6 heteroatoms. The van der Waals surface area contributed by atoms with Crippen LogP contribution >= 0.6 is 11.3 Å². The number of hydrogen-bond donors (Lipinski definition) is 2. The molecule has 1 rings (SSSR count). The summed E-state index contributed by atoms with van der Waals surface area (Å²) >= 11 is 1.32. The average molecular weight is 270 g/mol. The maximum Gasteiger partial charge on any atom is 0.326 e. The van der Waals surface area contributed by atoms with Crippen molar-refractivity contribution >= 4 is 23.2 Å². The van der Waals surface area contributed by atoms with Gasteiger partial charge < -0.3 is 10.4 Å². The molecule has 18 heavy (non-hydrogen) atoms. The topological polar surface area (TPSA) is 79.3 Å². The van der Waals surface area contributed by atoms with Gasteiger partial charge in [0.2, 0.25) is 0 Å². The van der Waals surface area contributed by atoms with Crippen LogP contribution in [0, 0.1) is 12.8 Å². The van der Waals surface area contributed by atoms with Crippen molar-refractivity contribution in [1.82, 2.24) is 10.3 Å².